The lowest BCUT2D eigenvalue weighted by atomic mass is 10.1. The predicted molar refractivity (Wildman–Crippen MR) is 77.4 cm³/mol. The first-order valence-electron chi connectivity index (χ1n) is 6.41. The summed E-state index contributed by atoms with van der Waals surface area (Å²) in [6.45, 7) is 0. The zero-order chi connectivity index (χ0) is 14.7. The number of aliphatic carboxylic acids is 1. The van der Waals surface area contributed by atoms with Gasteiger partial charge in [0.2, 0.25) is 5.88 Å². The van der Waals surface area contributed by atoms with Crippen molar-refractivity contribution in [3.05, 3.63) is 60.3 Å². The largest absolute Gasteiger partial charge is 0.481 e. The Bertz CT molecular complexity index is 785. The Morgan fingerprint density at radius 2 is 1.76 bits per heavy atom. The molecule has 1 heterocycles. The molecule has 0 aliphatic heterocycles. The lowest BCUT2D eigenvalue weighted by Gasteiger charge is -2.06. The molecule has 0 unspecified atom stereocenters. The molecule has 0 saturated carbocycles. The number of hydrogen-bond acceptors (Lipinski definition) is 4. The zero-order valence-electron chi connectivity index (χ0n) is 11.1. The Morgan fingerprint density at radius 3 is 2.48 bits per heavy atom. The molecule has 5 nitrogen and oxygen atoms in total. The highest BCUT2D eigenvalue weighted by molar-refractivity contribution is 5.74. The van der Waals surface area contributed by atoms with Gasteiger partial charge >= 0.3 is 5.97 Å². The number of aromatic nitrogens is 2. The second-order valence-corrected chi connectivity index (χ2v) is 4.51. The molecule has 0 atom stereocenters. The number of fused-ring (bicyclic) bond motifs is 1. The van der Waals surface area contributed by atoms with Gasteiger partial charge in [0.25, 0.3) is 0 Å². The van der Waals surface area contributed by atoms with Crippen LogP contribution >= 0.6 is 0 Å². The van der Waals surface area contributed by atoms with E-state index in [0.717, 1.165) is 16.6 Å². The summed E-state index contributed by atoms with van der Waals surface area (Å²) in [7, 11) is 0. The van der Waals surface area contributed by atoms with Gasteiger partial charge in [-0.25, -0.2) is 9.97 Å². The second kappa shape index (κ2) is 5.58. The third-order valence-corrected chi connectivity index (χ3v) is 2.93. The Hall–Kier alpha value is -2.95. The molecule has 0 radical (unpaired) electrons. The zero-order valence-corrected chi connectivity index (χ0v) is 11.1. The van der Waals surface area contributed by atoms with E-state index in [0.29, 0.717) is 11.6 Å². The maximum absolute atomic E-state index is 10.6. The molecule has 0 amide bonds. The number of carboxylic acid groups (broad SMARTS) is 1. The fourth-order valence-corrected chi connectivity index (χ4v) is 1.96. The normalized spacial score (nSPS) is 10.5. The van der Waals surface area contributed by atoms with Crippen LogP contribution < -0.4 is 4.74 Å². The molecule has 21 heavy (non-hydrogen) atoms. The first-order valence-corrected chi connectivity index (χ1v) is 6.41. The molecule has 2 aromatic carbocycles. The van der Waals surface area contributed by atoms with Crippen molar-refractivity contribution in [3.8, 4) is 11.6 Å². The molecule has 0 saturated heterocycles. The minimum absolute atomic E-state index is 0.00391. The average Bonchev–Trinajstić information content (AvgIpc) is 2.49. The van der Waals surface area contributed by atoms with Gasteiger partial charge in [0.1, 0.15) is 5.75 Å². The minimum atomic E-state index is -0.857. The van der Waals surface area contributed by atoms with Gasteiger partial charge in [0.05, 0.1) is 23.7 Å². The van der Waals surface area contributed by atoms with Gasteiger partial charge in [0.15, 0.2) is 0 Å². The van der Waals surface area contributed by atoms with Gasteiger partial charge in [-0.1, -0.05) is 24.3 Å². The van der Waals surface area contributed by atoms with E-state index in [1.54, 1.807) is 30.5 Å². The lowest BCUT2D eigenvalue weighted by molar-refractivity contribution is -0.136. The smallest absolute Gasteiger partial charge is 0.307 e. The Morgan fingerprint density at radius 1 is 1.05 bits per heavy atom. The molecule has 0 fully saturated rings. The van der Waals surface area contributed by atoms with Crippen LogP contribution in [0, 0.1) is 0 Å². The van der Waals surface area contributed by atoms with Crippen LogP contribution in [0.1, 0.15) is 5.56 Å². The molecule has 1 aromatic heterocycles. The topological polar surface area (TPSA) is 72.3 Å². The van der Waals surface area contributed by atoms with Crippen LogP contribution in [0.3, 0.4) is 0 Å². The highest BCUT2D eigenvalue weighted by atomic mass is 16.5. The van der Waals surface area contributed by atoms with Crippen molar-refractivity contribution in [1.82, 2.24) is 9.97 Å². The highest BCUT2D eigenvalue weighted by Crippen LogP contribution is 2.21. The summed E-state index contributed by atoms with van der Waals surface area (Å²) >= 11 is 0. The lowest BCUT2D eigenvalue weighted by Crippen LogP contribution is -1.99. The number of nitrogens with zero attached hydrogens (tertiary/aromatic N) is 2. The van der Waals surface area contributed by atoms with Crippen molar-refractivity contribution in [2.75, 3.05) is 0 Å². The summed E-state index contributed by atoms with van der Waals surface area (Å²) in [6.07, 6.45) is 1.56. The van der Waals surface area contributed by atoms with Crippen LogP contribution in [0.2, 0.25) is 0 Å². The standard InChI is InChI=1S/C16H12N2O3/c19-16(20)9-11-5-7-12(8-6-11)21-15-10-17-13-3-1-2-4-14(13)18-15/h1-8,10H,9H2,(H,19,20). The van der Waals surface area contributed by atoms with Crippen molar-refractivity contribution in [2.24, 2.45) is 0 Å². The molecule has 3 aromatic rings. The quantitative estimate of drug-likeness (QED) is 0.795. The van der Waals surface area contributed by atoms with Crippen LogP contribution in [0.5, 0.6) is 11.6 Å². The number of rotatable bonds is 4. The van der Waals surface area contributed by atoms with Gasteiger partial charge < -0.3 is 9.84 Å². The molecule has 3 rings (SSSR count). The Kier molecular flexibility index (Phi) is 3.47. The number of para-hydroxylation sites is 2. The van der Waals surface area contributed by atoms with E-state index in [1.165, 1.54) is 0 Å². The second-order valence-electron chi connectivity index (χ2n) is 4.51. The number of carboxylic acids is 1. The maximum Gasteiger partial charge on any atom is 0.307 e. The van der Waals surface area contributed by atoms with Gasteiger partial charge in [-0.15, -0.1) is 0 Å². The first kappa shape index (κ1) is 13.1. The van der Waals surface area contributed by atoms with Crippen LogP contribution in [0.25, 0.3) is 11.0 Å². The molecule has 0 aliphatic carbocycles. The van der Waals surface area contributed by atoms with Crippen LogP contribution in [-0.2, 0) is 11.2 Å². The number of benzene rings is 2. The Balaban J connectivity index is 1.79. The predicted octanol–water partition coefficient (Wildman–Crippen LogP) is 3.05. The Labute approximate surface area is 120 Å². The van der Waals surface area contributed by atoms with Gasteiger partial charge in [-0.05, 0) is 29.8 Å². The van der Waals surface area contributed by atoms with Crippen molar-refractivity contribution in [3.63, 3.8) is 0 Å². The van der Waals surface area contributed by atoms with Crippen molar-refractivity contribution in [1.29, 1.82) is 0 Å². The van der Waals surface area contributed by atoms with Crippen LogP contribution in [0.15, 0.2) is 54.7 Å². The number of carbonyl (C=O) groups is 1. The fourth-order valence-electron chi connectivity index (χ4n) is 1.96. The van der Waals surface area contributed by atoms with Crippen LogP contribution in [-0.4, -0.2) is 21.0 Å². The molecular formula is C16H12N2O3. The van der Waals surface area contributed by atoms with E-state index >= 15 is 0 Å². The van der Waals surface area contributed by atoms with E-state index in [1.807, 2.05) is 24.3 Å². The SMILES string of the molecule is O=C(O)Cc1ccc(Oc2cnc3ccccc3n2)cc1. The minimum Gasteiger partial charge on any atom is -0.481 e. The van der Waals surface area contributed by atoms with Crippen molar-refractivity contribution < 1.29 is 14.6 Å². The summed E-state index contributed by atoms with van der Waals surface area (Å²) in [5, 5.41) is 8.72. The third-order valence-electron chi connectivity index (χ3n) is 2.93. The average molecular weight is 280 g/mol. The summed E-state index contributed by atoms with van der Waals surface area (Å²) in [4.78, 5) is 19.3. The summed E-state index contributed by atoms with van der Waals surface area (Å²) in [5.41, 5.74) is 2.29. The maximum atomic E-state index is 10.6. The molecule has 0 bridgehead atoms. The molecule has 1 N–H and O–H groups in total. The molecule has 104 valence electrons. The van der Waals surface area contributed by atoms with Crippen molar-refractivity contribution in [2.45, 2.75) is 6.42 Å². The van der Waals surface area contributed by atoms with Gasteiger partial charge in [-0.3, -0.25) is 4.79 Å². The van der Waals surface area contributed by atoms with Gasteiger partial charge in [0, 0.05) is 0 Å². The van der Waals surface area contributed by atoms with E-state index in [2.05, 4.69) is 9.97 Å². The molecule has 5 heteroatoms. The van der Waals surface area contributed by atoms with E-state index < -0.39 is 5.97 Å². The monoisotopic (exact) mass is 280 g/mol. The summed E-state index contributed by atoms with van der Waals surface area (Å²) in [6, 6.07) is 14.4. The third kappa shape index (κ3) is 3.14. The van der Waals surface area contributed by atoms with E-state index in [-0.39, 0.29) is 6.42 Å². The van der Waals surface area contributed by atoms with E-state index in [9.17, 15) is 4.79 Å². The summed E-state index contributed by atoms with van der Waals surface area (Å²) in [5.74, 6) is 0.137. The first-order chi connectivity index (χ1) is 10.2. The number of ether oxygens (including phenoxy) is 1. The van der Waals surface area contributed by atoms with Crippen molar-refractivity contribution >= 4 is 17.0 Å². The molecular weight excluding hydrogens is 268 g/mol. The summed E-state index contributed by atoms with van der Waals surface area (Å²) < 4.78 is 5.63. The highest BCUT2D eigenvalue weighted by Gasteiger charge is 2.04. The number of hydrogen-bond donors (Lipinski definition) is 1. The fraction of sp³-hybridized carbons (Fsp3) is 0.0625. The van der Waals surface area contributed by atoms with E-state index in [4.69, 9.17) is 9.84 Å². The van der Waals surface area contributed by atoms with Gasteiger partial charge in [-0.2, -0.15) is 0 Å². The molecule has 0 spiro atoms. The molecule has 0 aliphatic rings. The van der Waals surface area contributed by atoms with Crippen LogP contribution in [0.4, 0.5) is 0 Å².